The fraction of sp³-hybridized carbons (Fsp3) is 0.462. The van der Waals surface area contributed by atoms with Gasteiger partial charge in [0.25, 0.3) is 0 Å². The first-order valence-corrected chi connectivity index (χ1v) is 6.49. The highest BCUT2D eigenvalue weighted by molar-refractivity contribution is 5.95. The maximum atomic E-state index is 12.2. The predicted octanol–water partition coefficient (Wildman–Crippen LogP) is 0.00520. The molecule has 0 aliphatic carbocycles. The zero-order chi connectivity index (χ0) is 17.2. The second-order valence-corrected chi connectivity index (χ2v) is 4.80. The number of alkyl halides is 3. The number of carbonyl (C=O) groups is 1. The lowest BCUT2D eigenvalue weighted by Gasteiger charge is -2.17. The van der Waals surface area contributed by atoms with Crippen molar-refractivity contribution < 1.29 is 42.8 Å². The minimum atomic E-state index is -5.03. The van der Waals surface area contributed by atoms with Gasteiger partial charge in [-0.05, 0) is 12.1 Å². The summed E-state index contributed by atoms with van der Waals surface area (Å²) in [4.78, 5) is 10.9. The summed E-state index contributed by atoms with van der Waals surface area (Å²) < 4.78 is 46.9. The van der Waals surface area contributed by atoms with E-state index in [4.69, 9.17) is 14.6 Å². The van der Waals surface area contributed by atoms with Crippen molar-refractivity contribution >= 4 is 11.6 Å². The Hall–Kier alpha value is -1.88. The molecular weight excluding hydrogens is 323 g/mol. The molecule has 1 aliphatic heterocycles. The molecule has 4 N–H and O–H groups in total. The van der Waals surface area contributed by atoms with Gasteiger partial charge in [0.2, 0.25) is 6.29 Å². The van der Waals surface area contributed by atoms with Crippen LogP contribution in [-0.2, 0) is 9.53 Å². The lowest BCUT2D eigenvalue weighted by atomic mass is 10.1. The van der Waals surface area contributed by atoms with Crippen LogP contribution < -0.4 is 10.1 Å². The Morgan fingerprint density at radius 2 is 2.00 bits per heavy atom. The van der Waals surface area contributed by atoms with Crippen LogP contribution in [0.3, 0.4) is 0 Å². The zero-order valence-corrected chi connectivity index (χ0v) is 11.5. The van der Waals surface area contributed by atoms with E-state index in [-0.39, 0.29) is 11.4 Å². The summed E-state index contributed by atoms with van der Waals surface area (Å²) in [6, 6.07) is 4.99. The Morgan fingerprint density at radius 3 is 2.57 bits per heavy atom. The predicted molar refractivity (Wildman–Crippen MR) is 69.5 cm³/mol. The molecule has 10 heteroatoms. The third-order valence-corrected chi connectivity index (χ3v) is 3.10. The molecule has 0 radical (unpaired) electrons. The van der Waals surface area contributed by atoms with Crippen molar-refractivity contribution in [3.05, 3.63) is 24.3 Å². The number of anilines is 1. The molecule has 1 heterocycles. The molecule has 1 fully saturated rings. The van der Waals surface area contributed by atoms with Crippen LogP contribution in [0.4, 0.5) is 18.9 Å². The monoisotopic (exact) mass is 337 g/mol. The van der Waals surface area contributed by atoms with Crippen LogP contribution in [0.2, 0.25) is 0 Å². The summed E-state index contributed by atoms with van der Waals surface area (Å²) >= 11 is 0. The van der Waals surface area contributed by atoms with E-state index in [2.05, 4.69) is 0 Å². The van der Waals surface area contributed by atoms with E-state index in [1.54, 1.807) is 5.32 Å². The summed E-state index contributed by atoms with van der Waals surface area (Å²) in [7, 11) is 0. The summed E-state index contributed by atoms with van der Waals surface area (Å²) in [6.07, 6.45) is -10.2. The van der Waals surface area contributed by atoms with Crippen LogP contribution in [0, 0.1) is 0 Å². The molecule has 0 saturated carbocycles. The highest BCUT2D eigenvalue weighted by atomic mass is 19.4. The average molecular weight is 337 g/mol. The number of rotatable bonds is 4. The second-order valence-electron chi connectivity index (χ2n) is 4.80. The molecule has 128 valence electrons. The van der Waals surface area contributed by atoms with Gasteiger partial charge in [0.1, 0.15) is 24.1 Å². The quantitative estimate of drug-likeness (QED) is 0.616. The molecule has 1 aromatic carbocycles. The Balaban J connectivity index is 2.05. The SMILES string of the molecule is O=C(Nc1cccc(O[C@H]2O[C@H](CO)[C@@H](O)[C@H]2O)c1)C(F)(F)F. The van der Waals surface area contributed by atoms with Crippen molar-refractivity contribution in [3.63, 3.8) is 0 Å². The Labute approximate surface area is 128 Å². The Kier molecular flexibility index (Phi) is 5.09. The number of nitrogens with one attached hydrogen (secondary N) is 1. The van der Waals surface area contributed by atoms with Crippen molar-refractivity contribution in [2.75, 3.05) is 11.9 Å². The summed E-state index contributed by atoms with van der Waals surface area (Å²) in [5.74, 6) is -2.14. The van der Waals surface area contributed by atoms with Gasteiger partial charge < -0.3 is 30.1 Å². The summed E-state index contributed by atoms with van der Waals surface area (Å²) in [5, 5.41) is 29.9. The van der Waals surface area contributed by atoms with E-state index >= 15 is 0 Å². The number of aliphatic hydroxyl groups excluding tert-OH is 3. The number of ether oxygens (including phenoxy) is 2. The van der Waals surface area contributed by atoms with Crippen LogP contribution in [0.5, 0.6) is 5.75 Å². The second kappa shape index (κ2) is 6.71. The van der Waals surface area contributed by atoms with Crippen LogP contribution in [-0.4, -0.2) is 58.6 Å². The minimum absolute atomic E-state index is 0.000172. The van der Waals surface area contributed by atoms with Crippen LogP contribution >= 0.6 is 0 Å². The van der Waals surface area contributed by atoms with Crippen LogP contribution in [0.25, 0.3) is 0 Å². The van der Waals surface area contributed by atoms with E-state index in [0.29, 0.717) is 0 Å². The number of hydrogen-bond donors (Lipinski definition) is 4. The average Bonchev–Trinajstić information content (AvgIpc) is 2.74. The van der Waals surface area contributed by atoms with E-state index in [1.807, 2.05) is 0 Å². The van der Waals surface area contributed by atoms with E-state index in [9.17, 15) is 28.2 Å². The maximum Gasteiger partial charge on any atom is 0.471 e. The largest absolute Gasteiger partial charge is 0.471 e. The molecule has 0 unspecified atom stereocenters. The number of benzene rings is 1. The van der Waals surface area contributed by atoms with Crippen molar-refractivity contribution in [3.8, 4) is 5.75 Å². The first-order chi connectivity index (χ1) is 10.7. The first kappa shape index (κ1) is 17.5. The van der Waals surface area contributed by atoms with Gasteiger partial charge in [-0.1, -0.05) is 6.07 Å². The number of halogens is 3. The molecule has 1 amide bonds. The Bertz CT molecular complexity index is 567. The zero-order valence-electron chi connectivity index (χ0n) is 11.5. The summed E-state index contributed by atoms with van der Waals surface area (Å²) in [6.45, 7) is -0.542. The first-order valence-electron chi connectivity index (χ1n) is 6.49. The number of aliphatic hydroxyl groups is 3. The maximum absolute atomic E-state index is 12.2. The van der Waals surface area contributed by atoms with Crippen molar-refractivity contribution in [1.29, 1.82) is 0 Å². The third kappa shape index (κ3) is 4.10. The smallest absolute Gasteiger partial charge is 0.462 e. The van der Waals surface area contributed by atoms with Gasteiger partial charge in [-0.3, -0.25) is 4.79 Å². The van der Waals surface area contributed by atoms with Crippen molar-refractivity contribution in [2.45, 2.75) is 30.8 Å². The minimum Gasteiger partial charge on any atom is -0.462 e. The standard InChI is InChI=1S/C13H14F3NO6/c14-13(15,16)12(21)17-6-2-1-3-7(4-6)22-11-10(20)9(19)8(5-18)23-11/h1-4,8-11,18-20H,5H2,(H,17,21)/t8-,9-,10-,11+/m1/s1. The molecule has 0 aromatic heterocycles. The van der Waals surface area contributed by atoms with Crippen molar-refractivity contribution in [1.82, 2.24) is 0 Å². The number of hydrogen-bond acceptors (Lipinski definition) is 6. The molecule has 4 atom stereocenters. The normalized spacial score (nSPS) is 27.7. The fourth-order valence-electron chi connectivity index (χ4n) is 1.95. The van der Waals surface area contributed by atoms with E-state index in [0.717, 1.165) is 6.07 Å². The molecule has 7 nitrogen and oxygen atoms in total. The number of carbonyl (C=O) groups excluding carboxylic acids is 1. The van der Waals surface area contributed by atoms with Gasteiger partial charge in [-0.15, -0.1) is 0 Å². The van der Waals surface area contributed by atoms with Gasteiger partial charge in [0, 0.05) is 11.8 Å². The summed E-state index contributed by atoms with van der Waals surface area (Å²) in [5.41, 5.74) is -0.170. The van der Waals surface area contributed by atoms with E-state index < -0.39 is 43.3 Å². The van der Waals surface area contributed by atoms with Gasteiger partial charge in [-0.2, -0.15) is 13.2 Å². The van der Waals surface area contributed by atoms with Gasteiger partial charge in [0.05, 0.1) is 6.61 Å². The molecule has 0 bridgehead atoms. The Morgan fingerprint density at radius 1 is 1.30 bits per heavy atom. The molecule has 23 heavy (non-hydrogen) atoms. The van der Waals surface area contributed by atoms with Gasteiger partial charge in [-0.25, -0.2) is 0 Å². The molecule has 0 spiro atoms. The van der Waals surface area contributed by atoms with Gasteiger partial charge in [0.15, 0.2) is 0 Å². The van der Waals surface area contributed by atoms with Gasteiger partial charge >= 0.3 is 12.1 Å². The highest BCUT2D eigenvalue weighted by Crippen LogP contribution is 2.26. The molecule has 1 aromatic rings. The lowest BCUT2D eigenvalue weighted by molar-refractivity contribution is -0.167. The highest BCUT2D eigenvalue weighted by Gasteiger charge is 2.44. The third-order valence-electron chi connectivity index (χ3n) is 3.10. The topological polar surface area (TPSA) is 108 Å². The van der Waals surface area contributed by atoms with E-state index in [1.165, 1.54) is 18.2 Å². The van der Waals surface area contributed by atoms with Crippen molar-refractivity contribution in [2.24, 2.45) is 0 Å². The fourth-order valence-corrected chi connectivity index (χ4v) is 1.95. The van der Waals surface area contributed by atoms with Crippen LogP contribution in [0.15, 0.2) is 24.3 Å². The van der Waals surface area contributed by atoms with Crippen LogP contribution in [0.1, 0.15) is 0 Å². The lowest BCUT2D eigenvalue weighted by Crippen LogP contribution is -2.35. The molecule has 1 aliphatic rings. The molecular formula is C13H14F3NO6. The molecule has 1 saturated heterocycles. The molecule has 2 rings (SSSR count). The number of amides is 1.